The van der Waals surface area contributed by atoms with Gasteiger partial charge in [-0.25, -0.2) is 18.4 Å². The van der Waals surface area contributed by atoms with Crippen molar-refractivity contribution in [3.05, 3.63) is 41.8 Å². The number of hydrogen-bond acceptors (Lipinski definition) is 7. The molecule has 1 aromatic carbocycles. The van der Waals surface area contributed by atoms with Crippen LogP contribution in [0.5, 0.6) is 0 Å². The van der Waals surface area contributed by atoms with Gasteiger partial charge in [-0.2, -0.15) is 0 Å². The number of nitrogens with zero attached hydrogens (tertiary/aromatic N) is 2. The molecule has 1 saturated heterocycles. The van der Waals surface area contributed by atoms with Crippen molar-refractivity contribution in [2.24, 2.45) is 0 Å². The van der Waals surface area contributed by atoms with Crippen LogP contribution in [0.15, 0.2) is 46.8 Å². The van der Waals surface area contributed by atoms with Crippen LogP contribution in [0.25, 0.3) is 21.6 Å². The number of amides is 1. The summed E-state index contributed by atoms with van der Waals surface area (Å²) in [6, 6.07) is 11.4. The highest BCUT2D eigenvalue weighted by atomic mass is 32.2. The van der Waals surface area contributed by atoms with E-state index in [1.807, 2.05) is 41.8 Å². The number of aromatic nitrogens is 2. The van der Waals surface area contributed by atoms with Crippen molar-refractivity contribution in [2.75, 3.05) is 17.3 Å². The predicted molar refractivity (Wildman–Crippen MR) is 109 cm³/mol. The van der Waals surface area contributed by atoms with Crippen molar-refractivity contribution >= 4 is 49.7 Å². The number of carbonyl (C=O) groups is 1. The Hall–Kier alpha value is -1.97. The number of rotatable bonds is 5. The van der Waals surface area contributed by atoms with Crippen molar-refractivity contribution in [2.45, 2.75) is 17.5 Å². The molecule has 1 N–H and O–H groups in total. The largest absolute Gasteiger partial charge is 0.352 e. The molecular weight excluding hydrogens is 402 g/mol. The highest BCUT2D eigenvalue weighted by molar-refractivity contribution is 8.00. The summed E-state index contributed by atoms with van der Waals surface area (Å²) in [5, 5.41) is 6.44. The number of thiophene rings is 1. The highest BCUT2D eigenvalue weighted by Crippen LogP contribution is 2.30. The van der Waals surface area contributed by atoms with Gasteiger partial charge in [0.05, 0.1) is 27.7 Å². The molecule has 0 saturated carbocycles. The normalized spacial score (nSPS) is 18.6. The van der Waals surface area contributed by atoms with E-state index in [0.717, 1.165) is 20.8 Å². The van der Waals surface area contributed by atoms with Crippen LogP contribution < -0.4 is 5.32 Å². The zero-order valence-electron chi connectivity index (χ0n) is 14.3. The molecule has 0 spiro atoms. The van der Waals surface area contributed by atoms with E-state index in [-0.39, 0.29) is 29.2 Å². The monoisotopic (exact) mass is 419 g/mol. The summed E-state index contributed by atoms with van der Waals surface area (Å²) in [6.07, 6.45) is 0.484. The molecule has 27 heavy (non-hydrogen) atoms. The molecule has 0 aliphatic carbocycles. The first-order valence-corrected chi connectivity index (χ1v) is 12.1. The summed E-state index contributed by atoms with van der Waals surface area (Å²) in [7, 11) is -3.01. The van der Waals surface area contributed by atoms with Crippen LogP contribution in [0.3, 0.4) is 0 Å². The Morgan fingerprint density at radius 3 is 2.81 bits per heavy atom. The molecule has 4 rings (SSSR count). The van der Waals surface area contributed by atoms with Crippen molar-refractivity contribution in [3.63, 3.8) is 0 Å². The molecular formula is C18H17N3O3S3. The van der Waals surface area contributed by atoms with Crippen molar-refractivity contribution in [1.82, 2.24) is 15.3 Å². The quantitative estimate of drug-likeness (QED) is 0.505. The molecule has 0 unspecified atom stereocenters. The molecule has 1 amide bonds. The van der Waals surface area contributed by atoms with Gasteiger partial charge < -0.3 is 5.32 Å². The summed E-state index contributed by atoms with van der Waals surface area (Å²) in [4.78, 5) is 22.5. The molecule has 3 heterocycles. The third kappa shape index (κ3) is 4.31. The van der Waals surface area contributed by atoms with Crippen molar-refractivity contribution in [3.8, 4) is 10.7 Å². The molecule has 1 aliphatic heterocycles. The highest BCUT2D eigenvalue weighted by Gasteiger charge is 2.28. The molecule has 1 aliphatic rings. The number of fused-ring (bicyclic) bond motifs is 1. The van der Waals surface area contributed by atoms with Crippen LogP contribution in [0.4, 0.5) is 0 Å². The van der Waals surface area contributed by atoms with E-state index in [2.05, 4.69) is 15.3 Å². The molecule has 140 valence electrons. The van der Waals surface area contributed by atoms with Gasteiger partial charge in [0, 0.05) is 11.4 Å². The van der Waals surface area contributed by atoms with E-state index in [1.165, 1.54) is 11.8 Å². The Kier molecular flexibility index (Phi) is 5.16. The van der Waals surface area contributed by atoms with E-state index < -0.39 is 9.84 Å². The molecule has 9 heteroatoms. The first-order chi connectivity index (χ1) is 13.0. The van der Waals surface area contributed by atoms with E-state index in [0.29, 0.717) is 12.2 Å². The molecule has 1 atom stereocenters. The first kappa shape index (κ1) is 18.4. The fourth-order valence-corrected chi connectivity index (χ4v) is 6.15. The molecule has 3 aromatic rings. The van der Waals surface area contributed by atoms with E-state index in [4.69, 9.17) is 0 Å². The van der Waals surface area contributed by atoms with Crippen LogP contribution in [-0.4, -0.2) is 47.6 Å². The van der Waals surface area contributed by atoms with Gasteiger partial charge in [-0.05, 0) is 23.9 Å². The molecule has 0 radical (unpaired) electrons. The molecule has 0 bridgehead atoms. The summed E-state index contributed by atoms with van der Waals surface area (Å²) < 4.78 is 23.1. The third-order valence-corrected chi connectivity index (χ3v) is 7.87. The number of hydrogen-bond donors (Lipinski definition) is 1. The van der Waals surface area contributed by atoms with Crippen LogP contribution in [0.2, 0.25) is 0 Å². The number of benzene rings is 1. The van der Waals surface area contributed by atoms with Crippen molar-refractivity contribution < 1.29 is 13.2 Å². The summed E-state index contributed by atoms with van der Waals surface area (Å²) >= 11 is 2.91. The Labute approximate surface area is 165 Å². The van der Waals surface area contributed by atoms with Gasteiger partial charge in [0.1, 0.15) is 5.03 Å². The lowest BCUT2D eigenvalue weighted by atomic mass is 10.2. The smallest absolute Gasteiger partial charge is 0.230 e. The second kappa shape index (κ2) is 7.57. The average molecular weight is 420 g/mol. The Bertz CT molecular complexity index is 1080. The minimum atomic E-state index is -3.01. The topological polar surface area (TPSA) is 89.0 Å². The van der Waals surface area contributed by atoms with Gasteiger partial charge in [0.2, 0.25) is 5.91 Å². The minimum absolute atomic E-state index is 0.0301. The number of para-hydroxylation sites is 1. The number of sulfone groups is 1. The number of carbonyl (C=O) groups excluding carboxylic acids is 1. The lowest BCUT2D eigenvalue weighted by Gasteiger charge is -2.11. The minimum Gasteiger partial charge on any atom is -0.352 e. The summed E-state index contributed by atoms with van der Waals surface area (Å²) in [5.41, 5.74) is 0.834. The maximum atomic E-state index is 12.3. The molecule has 1 fully saturated rings. The Balaban J connectivity index is 1.52. The summed E-state index contributed by atoms with van der Waals surface area (Å²) in [6.45, 7) is 0. The number of thioether (sulfide) groups is 1. The predicted octanol–water partition coefficient (Wildman–Crippen LogP) is 2.75. The second-order valence-corrected chi connectivity index (χ2v) is 10.4. The SMILES string of the molecule is O=C(CSc1nc(-c2cccs2)nc2ccccc12)N[C@@H]1CCS(=O)(=O)C1. The van der Waals surface area contributed by atoms with Gasteiger partial charge in [-0.3, -0.25) is 4.79 Å². The molecule has 2 aromatic heterocycles. The van der Waals surface area contributed by atoms with E-state index >= 15 is 0 Å². The second-order valence-electron chi connectivity index (χ2n) is 6.30. The number of nitrogens with one attached hydrogen (secondary N) is 1. The lowest BCUT2D eigenvalue weighted by Crippen LogP contribution is -2.36. The fourth-order valence-electron chi connectivity index (χ4n) is 2.99. The van der Waals surface area contributed by atoms with Crippen LogP contribution in [-0.2, 0) is 14.6 Å². The van der Waals surface area contributed by atoms with Gasteiger partial charge in [0.15, 0.2) is 15.7 Å². The van der Waals surface area contributed by atoms with Gasteiger partial charge in [-0.15, -0.1) is 11.3 Å². The molecule has 6 nitrogen and oxygen atoms in total. The standard InChI is InChI=1S/C18H17N3O3S3/c22-16(19-12-7-9-27(23,24)11-12)10-26-18-13-4-1-2-5-14(13)20-17(21-18)15-6-3-8-25-15/h1-6,8,12H,7,9-11H2,(H,19,22)/t12-/m1/s1. The average Bonchev–Trinajstić information content (AvgIpc) is 3.29. The first-order valence-electron chi connectivity index (χ1n) is 8.43. The van der Waals surface area contributed by atoms with Crippen LogP contribution in [0, 0.1) is 0 Å². The van der Waals surface area contributed by atoms with Gasteiger partial charge in [-0.1, -0.05) is 36.0 Å². The maximum Gasteiger partial charge on any atom is 0.230 e. The Morgan fingerprint density at radius 2 is 2.07 bits per heavy atom. The Morgan fingerprint density at radius 1 is 1.22 bits per heavy atom. The zero-order chi connectivity index (χ0) is 18.9. The summed E-state index contributed by atoms with van der Waals surface area (Å²) in [5.74, 6) is 0.825. The van der Waals surface area contributed by atoms with Crippen LogP contribution >= 0.6 is 23.1 Å². The van der Waals surface area contributed by atoms with Gasteiger partial charge >= 0.3 is 0 Å². The lowest BCUT2D eigenvalue weighted by molar-refractivity contribution is -0.119. The van der Waals surface area contributed by atoms with E-state index in [9.17, 15) is 13.2 Å². The maximum absolute atomic E-state index is 12.3. The van der Waals surface area contributed by atoms with Crippen LogP contribution in [0.1, 0.15) is 6.42 Å². The zero-order valence-corrected chi connectivity index (χ0v) is 16.7. The fraction of sp³-hybridized carbons (Fsp3) is 0.278. The van der Waals surface area contributed by atoms with Gasteiger partial charge in [0.25, 0.3) is 0 Å². The van der Waals surface area contributed by atoms with E-state index in [1.54, 1.807) is 11.3 Å². The van der Waals surface area contributed by atoms with Crippen molar-refractivity contribution in [1.29, 1.82) is 0 Å². The third-order valence-electron chi connectivity index (χ3n) is 4.25.